The van der Waals surface area contributed by atoms with Crippen molar-refractivity contribution in [1.82, 2.24) is 0 Å². The summed E-state index contributed by atoms with van der Waals surface area (Å²) in [4.78, 5) is 0. The fraction of sp³-hybridized carbons (Fsp3) is 0.533. The molecule has 0 amide bonds. The monoisotopic (exact) mass is 416 g/mol. The van der Waals surface area contributed by atoms with E-state index in [9.17, 15) is 4.39 Å². The van der Waals surface area contributed by atoms with Crippen molar-refractivity contribution in [3.63, 3.8) is 0 Å². The van der Waals surface area contributed by atoms with E-state index in [2.05, 4.69) is 31.8 Å². The Morgan fingerprint density at radius 1 is 0.871 bits per heavy atom. The molecule has 164 valence electrons. The van der Waals surface area contributed by atoms with Crippen LogP contribution < -0.4 is 0 Å². The molecular weight excluding hydrogens is 379 g/mol. The Morgan fingerprint density at radius 3 is 2.42 bits per heavy atom. The second-order valence-electron chi connectivity index (χ2n) is 10.1. The van der Waals surface area contributed by atoms with Crippen LogP contribution in [-0.2, 0) is 0 Å². The van der Waals surface area contributed by atoms with Crippen LogP contribution in [0.25, 0.3) is 0 Å². The third-order valence-corrected chi connectivity index (χ3v) is 7.80. The molecule has 2 aromatic rings. The summed E-state index contributed by atoms with van der Waals surface area (Å²) in [5.41, 5.74) is 3.82. The number of hydrogen-bond acceptors (Lipinski definition) is 0. The molecule has 31 heavy (non-hydrogen) atoms. The first-order valence-corrected chi connectivity index (χ1v) is 12.5. The van der Waals surface area contributed by atoms with E-state index >= 15 is 0 Å². The van der Waals surface area contributed by atoms with Gasteiger partial charge in [0.1, 0.15) is 5.82 Å². The van der Waals surface area contributed by atoms with Gasteiger partial charge < -0.3 is 0 Å². The number of hydrogen-bond donors (Lipinski definition) is 0. The highest BCUT2D eigenvalue weighted by molar-refractivity contribution is 5.45. The van der Waals surface area contributed by atoms with Gasteiger partial charge in [0.2, 0.25) is 0 Å². The molecule has 0 aromatic heterocycles. The van der Waals surface area contributed by atoms with Gasteiger partial charge in [-0.25, -0.2) is 4.39 Å². The third-order valence-electron chi connectivity index (χ3n) is 7.80. The lowest BCUT2D eigenvalue weighted by Crippen LogP contribution is -2.30. The minimum atomic E-state index is -0.168. The van der Waals surface area contributed by atoms with Crippen LogP contribution >= 0.6 is 0 Å². The SMILES string of the molecule is CCCCCC1CC[C@@H]2C[C@H](c3ccc(C#Cc4ccc(C)cc4)c(F)c3)CC[C@@H]2C1. The van der Waals surface area contributed by atoms with Gasteiger partial charge in [-0.05, 0) is 92.5 Å². The summed E-state index contributed by atoms with van der Waals surface area (Å²) in [5.74, 6) is 9.21. The minimum Gasteiger partial charge on any atom is -0.206 e. The van der Waals surface area contributed by atoms with E-state index in [0.717, 1.165) is 23.3 Å². The molecule has 0 N–H and O–H groups in total. The molecule has 1 heteroatoms. The van der Waals surface area contributed by atoms with Gasteiger partial charge in [-0.3, -0.25) is 0 Å². The number of fused-ring (bicyclic) bond motifs is 1. The normalized spacial score (nSPS) is 25.4. The number of aryl methyl sites for hydroxylation is 1. The zero-order chi connectivity index (χ0) is 21.6. The smallest absolute Gasteiger partial charge is 0.139 e. The molecule has 1 unspecified atom stereocenters. The molecule has 0 spiro atoms. The predicted octanol–water partition coefficient (Wildman–Crippen LogP) is 8.41. The van der Waals surface area contributed by atoms with Crippen molar-refractivity contribution in [3.05, 3.63) is 70.5 Å². The molecule has 4 atom stereocenters. The molecule has 2 saturated carbocycles. The van der Waals surface area contributed by atoms with Crippen molar-refractivity contribution in [2.45, 2.75) is 84.0 Å². The Balaban J connectivity index is 1.36. The van der Waals surface area contributed by atoms with Crippen LogP contribution in [-0.4, -0.2) is 0 Å². The lowest BCUT2D eigenvalue weighted by molar-refractivity contribution is 0.113. The molecule has 0 nitrogen and oxygen atoms in total. The third kappa shape index (κ3) is 5.79. The molecule has 2 aliphatic rings. The molecule has 0 aliphatic heterocycles. The summed E-state index contributed by atoms with van der Waals surface area (Å²) in [7, 11) is 0. The van der Waals surface area contributed by atoms with Crippen LogP contribution in [0, 0.1) is 42.3 Å². The van der Waals surface area contributed by atoms with Crippen molar-refractivity contribution < 1.29 is 4.39 Å². The molecule has 4 rings (SSSR count). The summed E-state index contributed by atoms with van der Waals surface area (Å²) in [6.07, 6.45) is 13.6. The largest absolute Gasteiger partial charge is 0.206 e. The minimum absolute atomic E-state index is 0.168. The van der Waals surface area contributed by atoms with Crippen LogP contribution in [0.5, 0.6) is 0 Å². The number of unbranched alkanes of at least 4 members (excludes halogenated alkanes) is 2. The van der Waals surface area contributed by atoms with Gasteiger partial charge in [0.15, 0.2) is 0 Å². The highest BCUT2D eigenvalue weighted by atomic mass is 19.1. The zero-order valence-corrected chi connectivity index (χ0v) is 19.3. The van der Waals surface area contributed by atoms with E-state index in [1.807, 2.05) is 30.3 Å². The van der Waals surface area contributed by atoms with E-state index in [-0.39, 0.29) is 5.82 Å². The van der Waals surface area contributed by atoms with Gasteiger partial charge in [-0.1, -0.05) is 74.6 Å². The first-order valence-electron chi connectivity index (χ1n) is 12.5. The molecule has 0 heterocycles. The van der Waals surface area contributed by atoms with E-state index < -0.39 is 0 Å². The summed E-state index contributed by atoms with van der Waals surface area (Å²) >= 11 is 0. The Morgan fingerprint density at radius 2 is 1.65 bits per heavy atom. The van der Waals surface area contributed by atoms with Gasteiger partial charge in [0, 0.05) is 5.56 Å². The highest BCUT2D eigenvalue weighted by Crippen LogP contribution is 2.48. The Kier molecular flexibility index (Phi) is 7.49. The number of rotatable bonds is 5. The Bertz CT molecular complexity index is 914. The lowest BCUT2D eigenvalue weighted by atomic mass is 9.63. The standard InChI is InChI=1S/C30H37F/c1-3-4-5-6-24-12-14-27-20-28(18-17-26(27)19-24)29-16-15-25(30(31)21-29)13-11-23-9-7-22(2)8-10-23/h7-10,15-16,21,24,26-28H,3-6,12,14,17-20H2,1-2H3/t24?,26-,27-,28-/m1/s1. The first kappa shape index (κ1) is 22.1. The Labute approximate surface area is 188 Å². The fourth-order valence-electron chi connectivity index (χ4n) is 5.90. The Hall–Kier alpha value is -2.07. The first-order chi connectivity index (χ1) is 15.1. The summed E-state index contributed by atoms with van der Waals surface area (Å²) in [6, 6.07) is 13.8. The van der Waals surface area contributed by atoms with E-state index in [1.165, 1.54) is 75.3 Å². The van der Waals surface area contributed by atoms with Crippen molar-refractivity contribution in [3.8, 4) is 11.8 Å². The maximum Gasteiger partial charge on any atom is 0.139 e. The van der Waals surface area contributed by atoms with Crippen molar-refractivity contribution in [2.24, 2.45) is 17.8 Å². The van der Waals surface area contributed by atoms with Gasteiger partial charge in [-0.2, -0.15) is 0 Å². The van der Waals surface area contributed by atoms with Gasteiger partial charge >= 0.3 is 0 Å². The molecule has 2 fully saturated rings. The van der Waals surface area contributed by atoms with Crippen molar-refractivity contribution in [1.29, 1.82) is 0 Å². The van der Waals surface area contributed by atoms with Crippen molar-refractivity contribution >= 4 is 0 Å². The van der Waals surface area contributed by atoms with Gasteiger partial charge in [0.05, 0.1) is 5.56 Å². The molecule has 0 radical (unpaired) electrons. The van der Waals surface area contributed by atoms with E-state index in [0.29, 0.717) is 11.5 Å². The molecule has 2 aliphatic carbocycles. The van der Waals surface area contributed by atoms with Gasteiger partial charge in [0.25, 0.3) is 0 Å². The van der Waals surface area contributed by atoms with Crippen LogP contribution in [0.4, 0.5) is 4.39 Å². The van der Waals surface area contributed by atoms with Crippen LogP contribution in [0.1, 0.15) is 99.3 Å². The molecule has 2 aromatic carbocycles. The maximum atomic E-state index is 14.8. The summed E-state index contributed by atoms with van der Waals surface area (Å²) in [6.45, 7) is 4.35. The highest BCUT2D eigenvalue weighted by Gasteiger charge is 2.35. The topological polar surface area (TPSA) is 0 Å². The predicted molar refractivity (Wildman–Crippen MR) is 129 cm³/mol. The maximum absolute atomic E-state index is 14.8. The van der Waals surface area contributed by atoms with Crippen LogP contribution in [0.3, 0.4) is 0 Å². The second kappa shape index (κ2) is 10.5. The lowest BCUT2D eigenvalue weighted by Gasteiger charge is -2.42. The average Bonchev–Trinajstić information content (AvgIpc) is 2.79. The van der Waals surface area contributed by atoms with Crippen LogP contribution in [0.15, 0.2) is 42.5 Å². The zero-order valence-electron chi connectivity index (χ0n) is 19.3. The van der Waals surface area contributed by atoms with Crippen LogP contribution in [0.2, 0.25) is 0 Å². The van der Waals surface area contributed by atoms with Gasteiger partial charge in [-0.15, -0.1) is 0 Å². The van der Waals surface area contributed by atoms with E-state index in [4.69, 9.17) is 0 Å². The number of halogens is 1. The summed E-state index contributed by atoms with van der Waals surface area (Å²) < 4.78 is 14.8. The fourth-order valence-corrected chi connectivity index (χ4v) is 5.90. The molecule has 0 saturated heterocycles. The van der Waals surface area contributed by atoms with Crippen molar-refractivity contribution in [2.75, 3.05) is 0 Å². The summed E-state index contributed by atoms with van der Waals surface area (Å²) in [5, 5.41) is 0. The molecular formula is C30H37F. The average molecular weight is 417 g/mol. The second-order valence-corrected chi connectivity index (χ2v) is 10.1. The quantitative estimate of drug-likeness (QED) is 0.339. The number of benzene rings is 2. The molecule has 0 bridgehead atoms. The van der Waals surface area contributed by atoms with E-state index in [1.54, 1.807) is 6.07 Å².